The van der Waals surface area contributed by atoms with E-state index in [1.165, 1.54) is 29.9 Å². The number of esters is 2. The van der Waals surface area contributed by atoms with Gasteiger partial charge < -0.3 is 18.6 Å². The zero-order valence-electron chi connectivity index (χ0n) is 27.0. The molecular weight excluding hydrogens is 560 g/mol. The van der Waals surface area contributed by atoms with Crippen molar-refractivity contribution in [2.24, 2.45) is 28.6 Å². The number of ether oxygens (including phenoxy) is 3. The number of allylic oxidation sites excluding steroid dienone is 2. The first-order chi connectivity index (χ1) is 20.0. The maximum Gasteiger partial charge on any atom is 0.316 e. The third-order valence-electron chi connectivity index (χ3n) is 12.2. The maximum absolute atomic E-state index is 13.8. The number of carbonyl (C=O) groups is 3. The predicted molar refractivity (Wildman–Crippen MR) is 165 cm³/mol. The fourth-order valence-electron chi connectivity index (χ4n) is 8.69. The van der Waals surface area contributed by atoms with Crippen LogP contribution in [0.15, 0.2) is 47.6 Å². The van der Waals surface area contributed by atoms with Gasteiger partial charge in [-0.3, -0.25) is 14.4 Å². The molecule has 2 saturated heterocycles. The zero-order chi connectivity index (χ0) is 31.3. The highest BCUT2D eigenvalue weighted by molar-refractivity contribution is 6.74. The standard InChI is InChI=1S/C35H46O7Si/c1-19-21(20-12-10-11-13-25(20)42-43(8,9)33(2,3)4)17-26-22(19)16-23-24(18-28(37)39-7)35(6)27(36)14-15-34(5)31(35)30(29(23)40-26)41-32(34)38/h10-15,21,23-24,26,29-31H,16-18H2,1-9H3/t21-,23+,24?,26-,29+,30+,31+,34-,35+/m1/s1. The second kappa shape index (κ2) is 9.90. The van der Waals surface area contributed by atoms with Gasteiger partial charge in [0.25, 0.3) is 0 Å². The summed E-state index contributed by atoms with van der Waals surface area (Å²) in [7, 11) is -0.693. The van der Waals surface area contributed by atoms with E-state index >= 15 is 0 Å². The predicted octanol–water partition coefficient (Wildman–Crippen LogP) is 6.53. The third-order valence-corrected chi connectivity index (χ3v) is 16.5. The number of benzene rings is 1. The zero-order valence-corrected chi connectivity index (χ0v) is 28.0. The van der Waals surface area contributed by atoms with Gasteiger partial charge in [-0.25, -0.2) is 0 Å². The Labute approximate surface area is 256 Å². The number of hydrogen-bond donors (Lipinski definition) is 0. The first-order valence-electron chi connectivity index (χ1n) is 15.7. The van der Waals surface area contributed by atoms with Crippen LogP contribution in [0.4, 0.5) is 0 Å². The highest BCUT2D eigenvalue weighted by atomic mass is 28.4. The second-order valence-electron chi connectivity index (χ2n) is 15.4. The number of rotatable bonds is 5. The highest BCUT2D eigenvalue weighted by Crippen LogP contribution is 2.66. The van der Waals surface area contributed by atoms with Gasteiger partial charge in [0.1, 0.15) is 11.9 Å². The molecule has 1 saturated carbocycles. The van der Waals surface area contributed by atoms with E-state index < -0.39 is 37.3 Å². The van der Waals surface area contributed by atoms with E-state index in [9.17, 15) is 14.4 Å². The Morgan fingerprint density at radius 3 is 2.49 bits per heavy atom. The topological polar surface area (TPSA) is 88.1 Å². The van der Waals surface area contributed by atoms with Gasteiger partial charge in [-0.1, -0.05) is 57.5 Å². The van der Waals surface area contributed by atoms with Crippen molar-refractivity contribution < 1.29 is 33.0 Å². The van der Waals surface area contributed by atoms with Crippen LogP contribution in [0.25, 0.3) is 0 Å². The molecule has 8 heteroatoms. The van der Waals surface area contributed by atoms with Crippen molar-refractivity contribution in [1.29, 1.82) is 0 Å². The van der Waals surface area contributed by atoms with Crippen LogP contribution in [0.3, 0.4) is 0 Å². The van der Waals surface area contributed by atoms with Crippen LogP contribution in [0.2, 0.25) is 18.1 Å². The lowest BCUT2D eigenvalue weighted by atomic mass is 9.45. The Bertz CT molecular complexity index is 1440. The molecule has 0 radical (unpaired) electrons. The summed E-state index contributed by atoms with van der Waals surface area (Å²) < 4.78 is 25.1. The van der Waals surface area contributed by atoms with Gasteiger partial charge in [0.2, 0.25) is 8.32 Å². The fraction of sp³-hybridized carbons (Fsp3) is 0.629. The van der Waals surface area contributed by atoms with Crippen LogP contribution in [0.5, 0.6) is 5.75 Å². The highest BCUT2D eigenvalue weighted by Gasteiger charge is 2.73. The van der Waals surface area contributed by atoms with Gasteiger partial charge >= 0.3 is 11.9 Å². The van der Waals surface area contributed by atoms with E-state index in [0.29, 0.717) is 6.42 Å². The number of methoxy groups -OCH3 is 1. The molecule has 0 aromatic heterocycles. The maximum atomic E-state index is 13.8. The number of ketones is 1. The lowest BCUT2D eigenvalue weighted by Gasteiger charge is -2.58. The summed E-state index contributed by atoms with van der Waals surface area (Å²) in [5.74, 6) is -0.611. The molecule has 3 fully saturated rings. The average Bonchev–Trinajstić information content (AvgIpc) is 3.41. The molecule has 43 heavy (non-hydrogen) atoms. The Morgan fingerprint density at radius 1 is 1.12 bits per heavy atom. The van der Waals surface area contributed by atoms with Crippen molar-refractivity contribution in [3.8, 4) is 5.75 Å². The van der Waals surface area contributed by atoms with Gasteiger partial charge in [-0.2, -0.15) is 0 Å². The SMILES string of the molecule is COC(=O)CC1[C@@H]2CC3=C(C)[C@H](c4ccccc4O[Si](C)(C)C(C)(C)C)C[C@H]3O[C@@H]2[C@@H]2OC(=O)[C@]3(C)C=CC(=O)[C@@]1(C)[C@@H]23. The van der Waals surface area contributed by atoms with Gasteiger partial charge in [-0.05, 0) is 79.9 Å². The minimum Gasteiger partial charge on any atom is -0.543 e. The van der Waals surface area contributed by atoms with Crippen molar-refractivity contribution in [1.82, 2.24) is 0 Å². The molecule has 2 aliphatic heterocycles. The van der Waals surface area contributed by atoms with Gasteiger partial charge in [0.05, 0.1) is 24.7 Å². The summed E-state index contributed by atoms with van der Waals surface area (Å²) in [5, 5.41) is 0.0666. The first-order valence-corrected chi connectivity index (χ1v) is 18.6. The van der Waals surface area contributed by atoms with Gasteiger partial charge in [-0.15, -0.1) is 0 Å². The summed E-state index contributed by atoms with van der Waals surface area (Å²) in [5.41, 5.74) is 1.77. The molecule has 6 rings (SSSR count). The summed E-state index contributed by atoms with van der Waals surface area (Å²) in [4.78, 5) is 40.0. The molecule has 0 spiro atoms. The quantitative estimate of drug-likeness (QED) is 0.214. The number of para-hydroxylation sites is 1. The molecule has 0 amide bonds. The van der Waals surface area contributed by atoms with E-state index in [1.807, 2.05) is 19.9 Å². The normalized spacial score (nSPS) is 38.3. The monoisotopic (exact) mass is 606 g/mol. The minimum atomic E-state index is -2.08. The molecule has 7 nitrogen and oxygen atoms in total. The van der Waals surface area contributed by atoms with Crippen LogP contribution in [0.1, 0.15) is 72.3 Å². The molecule has 1 unspecified atom stereocenters. The summed E-state index contributed by atoms with van der Waals surface area (Å²) >= 11 is 0. The van der Waals surface area contributed by atoms with Crippen LogP contribution in [-0.4, -0.2) is 51.5 Å². The molecule has 1 aromatic carbocycles. The fourth-order valence-corrected chi connectivity index (χ4v) is 9.73. The number of hydrogen-bond acceptors (Lipinski definition) is 7. The Balaban J connectivity index is 1.40. The molecule has 2 heterocycles. The number of fused-ring (bicyclic) bond motifs is 3. The lowest BCUT2D eigenvalue weighted by Crippen LogP contribution is -2.65. The molecule has 3 aliphatic carbocycles. The van der Waals surface area contributed by atoms with E-state index in [2.05, 4.69) is 59.0 Å². The van der Waals surface area contributed by atoms with Crippen LogP contribution >= 0.6 is 0 Å². The van der Waals surface area contributed by atoms with E-state index in [-0.39, 0.29) is 53.0 Å². The minimum absolute atomic E-state index is 0.0561. The summed E-state index contributed by atoms with van der Waals surface area (Å²) in [6.45, 7) is 17.3. The van der Waals surface area contributed by atoms with Gasteiger partial charge in [0.15, 0.2) is 5.78 Å². The van der Waals surface area contributed by atoms with Crippen molar-refractivity contribution in [3.05, 3.63) is 53.1 Å². The molecule has 5 aliphatic rings. The summed E-state index contributed by atoms with van der Waals surface area (Å²) in [6, 6.07) is 8.37. The van der Waals surface area contributed by atoms with Crippen LogP contribution in [-0.2, 0) is 28.6 Å². The smallest absolute Gasteiger partial charge is 0.316 e. The van der Waals surface area contributed by atoms with Crippen LogP contribution < -0.4 is 4.43 Å². The van der Waals surface area contributed by atoms with Gasteiger partial charge in [0, 0.05) is 23.7 Å². The molecule has 0 N–H and O–H groups in total. The van der Waals surface area contributed by atoms with Crippen molar-refractivity contribution in [3.63, 3.8) is 0 Å². The molecule has 1 aromatic rings. The number of carbonyl (C=O) groups excluding carboxylic acids is 3. The van der Waals surface area contributed by atoms with E-state index in [4.69, 9.17) is 18.6 Å². The molecule has 9 atom stereocenters. The third kappa shape index (κ3) is 4.33. The molecule has 232 valence electrons. The lowest BCUT2D eigenvalue weighted by molar-refractivity contribution is -0.204. The average molecular weight is 607 g/mol. The second-order valence-corrected chi connectivity index (χ2v) is 20.1. The Morgan fingerprint density at radius 2 is 1.81 bits per heavy atom. The Kier molecular flexibility index (Phi) is 6.98. The molecule has 0 bridgehead atoms. The van der Waals surface area contributed by atoms with Crippen molar-refractivity contribution in [2.45, 2.75) is 103 Å². The first kappa shape index (κ1) is 30.3. The largest absolute Gasteiger partial charge is 0.543 e. The van der Waals surface area contributed by atoms with Crippen molar-refractivity contribution >= 4 is 26.0 Å². The van der Waals surface area contributed by atoms with Crippen LogP contribution in [0, 0.1) is 28.6 Å². The summed E-state index contributed by atoms with van der Waals surface area (Å²) in [6.07, 6.45) is 3.72. The van der Waals surface area contributed by atoms with Crippen molar-refractivity contribution in [2.75, 3.05) is 7.11 Å². The Hall–Kier alpha value is -2.71. The van der Waals surface area contributed by atoms with E-state index in [0.717, 1.165) is 12.2 Å². The van der Waals surface area contributed by atoms with E-state index in [1.54, 1.807) is 6.08 Å². The molecular formula is C35H46O7Si.